The van der Waals surface area contributed by atoms with Gasteiger partial charge in [-0.25, -0.2) is 0 Å². The Bertz CT molecular complexity index is 277. The number of hydrogen-bond donors (Lipinski definition) is 3. The van der Waals surface area contributed by atoms with Crippen molar-refractivity contribution in [3.05, 3.63) is 0 Å². The fraction of sp³-hybridized carbons (Fsp3) is 0.625. The number of hydrogen-bond acceptors (Lipinski definition) is 5. The number of aliphatic hydroxyl groups excluding tert-OH is 1. The van der Waals surface area contributed by atoms with Gasteiger partial charge in [-0.2, -0.15) is 0 Å². The molecule has 0 aliphatic carbocycles. The largest absolute Gasteiger partial charge is 0.480 e. The smallest absolute Gasteiger partial charge is 0.320 e. The van der Waals surface area contributed by atoms with Gasteiger partial charge in [0.1, 0.15) is 18.2 Å². The van der Waals surface area contributed by atoms with Gasteiger partial charge < -0.3 is 15.9 Å². The second kappa shape index (κ2) is 4.30. The SMILES string of the molecule is N[C@@H](CC1N=CCC(O)C1=O)C(=O)O. The van der Waals surface area contributed by atoms with Gasteiger partial charge in [-0.3, -0.25) is 14.6 Å². The summed E-state index contributed by atoms with van der Waals surface area (Å²) in [5.74, 6) is -1.63. The molecule has 1 rings (SSSR count). The molecule has 0 aromatic heterocycles. The van der Waals surface area contributed by atoms with Crippen LogP contribution in [0.4, 0.5) is 0 Å². The molecule has 0 aromatic rings. The van der Waals surface area contributed by atoms with Gasteiger partial charge in [-0.1, -0.05) is 0 Å². The van der Waals surface area contributed by atoms with Gasteiger partial charge in [-0.05, 0) is 0 Å². The van der Waals surface area contributed by atoms with E-state index < -0.39 is 29.9 Å². The topological polar surface area (TPSA) is 113 Å². The number of nitrogens with zero attached hydrogens (tertiary/aromatic N) is 1. The van der Waals surface area contributed by atoms with Crippen LogP contribution >= 0.6 is 0 Å². The monoisotopic (exact) mass is 200 g/mol. The molecule has 14 heavy (non-hydrogen) atoms. The fourth-order valence-electron chi connectivity index (χ4n) is 1.22. The third kappa shape index (κ3) is 2.36. The minimum atomic E-state index is -1.17. The van der Waals surface area contributed by atoms with Crippen molar-refractivity contribution < 1.29 is 19.8 Å². The first-order valence-electron chi connectivity index (χ1n) is 4.24. The summed E-state index contributed by atoms with van der Waals surface area (Å²) in [4.78, 5) is 25.5. The van der Waals surface area contributed by atoms with Gasteiger partial charge in [0.15, 0.2) is 5.78 Å². The number of aliphatic hydroxyl groups is 1. The van der Waals surface area contributed by atoms with Crippen LogP contribution in [0.25, 0.3) is 0 Å². The van der Waals surface area contributed by atoms with Crippen LogP contribution in [-0.4, -0.2) is 46.4 Å². The summed E-state index contributed by atoms with van der Waals surface area (Å²) >= 11 is 0. The standard InChI is InChI=1S/C8H12N2O4/c9-4(8(13)14)3-5-7(12)6(11)1-2-10-5/h2,4-6,11H,1,3,9H2,(H,13,14)/t4-,5?,6?/m0/s1. The van der Waals surface area contributed by atoms with E-state index >= 15 is 0 Å². The van der Waals surface area contributed by atoms with Crippen LogP contribution < -0.4 is 5.73 Å². The van der Waals surface area contributed by atoms with E-state index in [4.69, 9.17) is 10.8 Å². The molecule has 4 N–H and O–H groups in total. The molecule has 0 bridgehead atoms. The van der Waals surface area contributed by atoms with Crippen LogP contribution in [0.1, 0.15) is 12.8 Å². The van der Waals surface area contributed by atoms with E-state index in [0.717, 1.165) is 0 Å². The van der Waals surface area contributed by atoms with Crippen LogP contribution in [-0.2, 0) is 9.59 Å². The van der Waals surface area contributed by atoms with Crippen molar-refractivity contribution in [2.24, 2.45) is 10.7 Å². The van der Waals surface area contributed by atoms with Gasteiger partial charge in [0.25, 0.3) is 0 Å². The fourth-order valence-corrected chi connectivity index (χ4v) is 1.22. The molecule has 3 atom stereocenters. The molecule has 1 heterocycles. The van der Waals surface area contributed by atoms with Gasteiger partial charge >= 0.3 is 5.97 Å². The summed E-state index contributed by atoms with van der Waals surface area (Å²) in [6.45, 7) is 0. The number of ketones is 1. The number of carbonyl (C=O) groups excluding carboxylic acids is 1. The van der Waals surface area contributed by atoms with Crippen LogP contribution in [0, 0.1) is 0 Å². The molecule has 0 saturated carbocycles. The first kappa shape index (κ1) is 10.8. The Kier molecular flexibility index (Phi) is 3.32. The maximum atomic E-state index is 11.3. The molecule has 0 radical (unpaired) electrons. The minimum Gasteiger partial charge on any atom is -0.480 e. The number of carboxylic acid groups (broad SMARTS) is 1. The third-order valence-corrected chi connectivity index (χ3v) is 2.07. The van der Waals surface area contributed by atoms with Crippen molar-refractivity contribution in [1.29, 1.82) is 0 Å². The zero-order valence-electron chi connectivity index (χ0n) is 7.46. The van der Waals surface area contributed by atoms with Crippen LogP contribution in [0.2, 0.25) is 0 Å². The van der Waals surface area contributed by atoms with E-state index in [0.29, 0.717) is 0 Å². The highest BCUT2D eigenvalue weighted by atomic mass is 16.4. The summed E-state index contributed by atoms with van der Waals surface area (Å²) in [5, 5.41) is 17.7. The Morgan fingerprint density at radius 2 is 2.43 bits per heavy atom. The number of nitrogens with two attached hydrogens (primary N) is 1. The van der Waals surface area contributed by atoms with E-state index in [9.17, 15) is 14.7 Å². The van der Waals surface area contributed by atoms with E-state index in [1.165, 1.54) is 6.21 Å². The molecular formula is C8H12N2O4. The lowest BCUT2D eigenvalue weighted by molar-refractivity contribution is -0.139. The molecule has 0 fully saturated rings. The number of Topliss-reactive ketones (excluding diaryl/α,β-unsaturated/α-hetero) is 1. The maximum Gasteiger partial charge on any atom is 0.320 e. The zero-order chi connectivity index (χ0) is 10.7. The maximum absolute atomic E-state index is 11.3. The Morgan fingerprint density at radius 1 is 1.79 bits per heavy atom. The molecule has 78 valence electrons. The lowest BCUT2D eigenvalue weighted by Gasteiger charge is -2.20. The second-order valence-corrected chi connectivity index (χ2v) is 3.18. The number of rotatable bonds is 3. The molecule has 1 aliphatic heterocycles. The summed E-state index contributed by atoms with van der Waals surface area (Å²) < 4.78 is 0. The van der Waals surface area contributed by atoms with Crippen LogP contribution in [0.15, 0.2) is 4.99 Å². The molecule has 0 saturated heterocycles. The van der Waals surface area contributed by atoms with E-state index in [2.05, 4.69) is 4.99 Å². The van der Waals surface area contributed by atoms with Gasteiger partial charge in [0, 0.05) is 19.1 Å². The summed E-state index contributed by atoms with van der Waals surface area (Å²) in [7, 11) is 0. The minimum absolute atomic E-state index is 0.0677. The summed E-state index contributed by atoms with van der Waals surface area (Å²) in [5.41, 5.74) is 5.25. The molecule has 1 aliphatic rings. The van der Waals surface area contributed by atoms with Crippen molar-refractivity contribution in [3.8, 4) is 0 Å². The second-order valence-electron chi connectivity index (χ2n) is 3.18. The Morgan fingerprint density at radius 3 is 3.00 bits per heavy atom. The highest BCUT2D eigenvalue weighted by molar-refractivity contribution is 5.94. The van der Waals surface area contributed by atoms with Crippen molar-refractivity contribution in [2.75, 3.05) is 0 Å². The first-order valence-corrected chi connectivity index (χ1v) is 4.24. The van der Waals surface area contributed by atoms with Crippen molar-refractivity contribution in [3.63, 3.8) is 0 Å². The van der Waals surface area contributed by atoms with Crippen LogP contribution in [0.5, 0.6) is 0 Å². The van der Waals surface area contributed by atoms with Crippen molar-refractivity contribution in [2.45, 2.75) is 31.0 Å². The number of carbonyl (C=O) groups is 2. The third-order valence-electron chi connectivity index (χ3n) is 2.07. The number of aliphatic carboxylic acids is 1. The molecule has 0 amide bonds. The van der Waals surface area contributed by atoms with Crippen molar-refractivity contribution >= 4 is 18.0 Å². The summed E-state index contributed by atoms with van der Waals surface area (Å²) in [6.07, 6.45) is 0.475. The lowest BCUT2D eigenvalue weighted by atomic mass is 9.97. The van der Waals surface area contributed by atoms with Gasteiger partial charge in [0.05, 0.1) is 0 Å². The van der Waals surface area contributed by atoms with Gasteiger partial charge in [-0.15, -0.1) is 0 Å². The lowest BCUT2D eigenvalue weighted by Crippen LogP contribution is -2.41. The van der Waals surface area contributed by atoms with E-state index in [1.54, 1.807) is 0 Å². The number of carboxylic acids is 1. The zero-order valence-corrected chi connectivity index (χ0v) is 7.46. The highest BCUT2D eigenvalue weighted by Gasteiger charge is 2.30. The predicted molar refractivity (Wildman–Crippen MR) is 48.1 cm³/mol. The molecule has 6 heteroatoms. The molecular weight excluding hydrogens is 188 g/mol. The quantitative estimate of drug-likeness (QED) is 0.516. The average Bonchev–Trinajstić information content (AvgIpc) is 2.12. The van der Waals surface area contributed by atoms with Crippen LogP contribution in [0.3, 0.4) is 0 Å². The Balaban J connectivity index is 2.60. The van der Waals surface area contributed by atoms with E-state index in [-0.39, 0.29) is 12.8 Å². The first-order chi connectivity index (χ1) is 6.52. The molecule has 2 unspecified atom stereocenters. The van der Waals surface area contributed by atoms with E-state index in [1.807, 2.05) is 0 Å². The number of aliphatic imine (C=N–C) groups is 1. The molecule has 6 nitrogen and oxygen atoms in total. The average molecular weight is 200 g/mol. The predicted octanol–water partition coefficient (Wildman–Crippen LogP) is -1.44. The molecule has 0 aromatic carbocycles. The Hall–Kier alpha value is -1.27. The molecule has 0 spiro atoms. The van der Waals surface area contributed by atoms with Gasteiger partial charge in [0.2, 0.25) is 0 Å². The Labute approximate surface area is 80.4 Å². The normalized spacial score (nSPS) is 28.9. The highest BCUT2D eigenvalue weighted by Crippen LogP contribution is 2.11. The summed E-state index contributed by atoms with van der Waals surface area (Å²) in [6, 6.07) is -1.93. The van der Waals surface area contributed by atoms with Crippen molar-refractivity contribution in [1.82, 2.24) is 0 Å².